The van der Waals surface area contributed by atoms with Gasteiger partial charge in [-0.15, -0.1) is 0 Å². The van der Waals surface area contributed by atoms with E-state index in [2.05, 4.69) is 10.4 Å². The van der Waals surface area contributed by atoms with E-state index in [1.165, 1.54) is 11.9 Å². The topological polar surface area (TPSA) is 93.5 Å². The molecule has 162 valence electrons. The number of likely N-dealkylation sites (N-methyl/N-ethyl adjacent to an activating group) is 1. The summed E-state index contributed by atoms with van der Waals surface area (Å²) in [6, 6.07) is 9.80. The minimum absolute atomic E-state index is 0.110. The minimum Gasteiger partial charge on any atom is -0.452 e. The van der Waals surface area contributed by atoms with E-state index in [-0.39, 0.29) is 18.0 Å². The van der Waals surface area contributed by atoms with E-state index >= 15 is 0 Å². The molecule has 0 radical (unpaired) electrons. The molecule has 0 aliphatic carbocycles. The molecule has 0 bridgehead atoms. The fourth-order valence-corrected chi connectivity index (χ4v) is 2.97. The number of rotatable bonds is 7. The van der Waals surface area contributed by atoms with Crippen molar-refractivity contribution in [1.29, 1.82) is 0 Å². The minimum atomic E-state index is -0.606. The van der Waals surface area contributed by atoms with E-state index in [0.29, 0.717) is 23.5 Å². The van der Waals surface area contributed by atoms with Crippen molar-refractivity contribution >= 4 is 17.8 Å². The van der Waals surface area contributed by atoms with Crippen LogP contribution < -0.4 is 5.32 Å². The lowest BCUT2D eigenvalue weighted by Crippen LogP contribution is -2.46. The number of aromatic nitrogens is 2. The Morgan fingerprint density at radius 3 is 2.37 bits per heavy atom. The zero-order valence-corrected chi connectivity index (χ0v) is 18.5. The van der Waals surface area contributed by atoms with Gasteiger partial charge in [-0.3, -0.25) is 14.3 Å². The van der Waals surface area contributed by atoms with Gasteiger partial charge < -0.3 is 15.0 Å². The van der Waals surface area contributed by atoms with E-state index in [9.17, 15) is 14.4 Å². The van der Waals surface area contributed by atoms with Crippen molar-refractivity contribution in [1.82, 2.24) is 20.0 Å². The normalized spacial score (nSPS) is 11.1. The second-order valence-corrected chi connectivity index (χ2v) is 8.31. The zero-order valence-electron chi connectivity index (χ0n) is 18.5. The van der Waals surface area contributed by atoms with Crippen molar-refractivity contribution in [3.63, 3.8) is 0 Å². The van der Waals surface area contributed by atoms with Crippen LogP contribution in [0.1, 0.15) is 48.1 Å². The molecular formula is C22H30N4O4. The highest BCUT2D eigenvalue weighted by atomic mass is 16.5. The number of carbonyl (C=O) groups is 3. The van der Waals surface area contributed by atoms with E-state index in [0.717, 1.165) is 5.56 Å². The first-order valence-electron chi connectivity index (χ1n) is 9.78. The number of ether oxygens (including phenoxy) is 1. The summed E-state index contributed by atoms with van der Waals surface area (Å²) in [6.07, 6.45) is 0. The van der Waals surface area contributed by atoms with Crippen molar-refractivity contribution in [2.45, 2.75) is 46.7 Å². The van der Waals surface area contributed by atoms with Crippen LogP contribution >= 0.6 is 0 Å². The maximum Gasteiger partial charge on any atom is 0.342 e. The number of nitrogens with one attached hydrogen (secondary N) is 1. The Kier molecular flexibility index (Phi) is 7.37. The first-order valence-corrected chi connectivity index (χ1v) is 9.78. The SMILES string of the molecule is Cc1nn(Cc2ccccc2)c(C)c1C(=O)OCC(=O)N(C)CC(=O)NC(C)(C)C. The monoisotopic (exact) mass is 414 g/mol. The van der Waals surface area contributed by atoms with Gasteiger partial charge in [-0.2, -0.15) is 5.10 Å². The van der Waals surface area contributed by atoms with Crippen LogP contribution in [0.15, 0.2) is 30.3 Å². The highest BCUT2D eigenvalue weighted by Crippen LogP contribution is 2.16. The number of nitrogens with zero attached hydrogens (tertiary/aromatic N) is 3. The Labute approximate surface area is 177 Å². The number of esters is 1. The quantitative estimate of drug-likeness (QED) is 0.700. The summed E-state index contributed by atoms with van der Waals surface area (Å²) in [5, 5.41) is 7.21. The number of benzene rings is 1. The second kappa shape index (κ2) is 9.56. The molecule has 0 unspecified atom stereocenters. The Hall–Kier alpha value is -3.16. The van der Waals surface area contributed by atoms with Crippen LogP contribution in [0.4, 0.5) is 0 Å². The molecule has 2 rings (SSSR count). The molecule has 0 fully saturated rings. The lowest BCUT2D eigenvalue weighted by Gasteiger charge is -2.23. The molecule has 8 nitrogen and oxygen atoms in total. The van der Waals surface area contributed by atoms with Gasteiger partial charge in [0.05, 0.1) is 24.5 Å². The number of carbonyl (C=O) groups excluding carboxylic acids is 3. The summed E-state index contributed by atoms with van der Waals surface area (Å²) in [7, 11) is 1.49. The predicted octanol–water partition coefficient (Wildman–Crippen LogP) is 2.08. The van der Waals surface area contributed by atoms with Gasteiger partial charge in [0.1, 0.15) is 5.56 Å². The molecule has 2 amide bonds. The Morgan fingerprint density at radius 2 is 1.77 bits per heavy atom. The van der Waals surface area contributed by atoms with Gasteiger partial charge in [-0.05, 0) is 40.2 Å². The average molecular weight is 415 g/mol. The predicted molar refractivity (Wildman–Crippen MR) is 113 cm³/mol. The van der Waals surface area contributed by atoms with Crippen LogP contribution in [0, 0.1) is 13.8 Å². The highest BCUT2D eigenvalue weighted by Gasteiger charge is 2.23. The summed E-state index contributed by atoms with van der Waals surface area (Å²) in [4.78, 5) is 38.0. The smallest absolute Gasteiger partial charge is 0.342 e. The fraction of sp³-hybridized carbons (Fsp3) is 0.455. The van der Waals surface area contributed by atoms with E-state index in [1.54, 1.807) is 18.5 Å². The highest BCUT2D eigenvalue weighted by molar-refractivity contribution is 5.93. The Morgan fingerprint density at radius 1 is 1.13 bits per heavy atom. The van der Waals surface area contributed by atoms with Crippen LogP contribution in [-0.2, 0) is 20.9 Å². The van der Waals surface area contributed by atoms with Crippen molar-refractivity contribution < 1.29 is 19.1 Å². The molecular weight excluding hydrogens is 384 g/mol. The first kappa shape index (κ1) is 23.1. The van der Waals surface area contributed by atoms with Crippen LogP contribution in [0.25, 0.3) is 0 Å². The van der Waals surface area contributed by atoms with Crippen LogP contribution in [-0.4, -0.2) is 58.2 Å². The Balaban J connectivity index is 1.96. The molecule has 0 saturated heterocycles. The van der Waals surface area contributed by atoms with Crippen LogP contribution in [0.2, 0.25) is 0 Å². The number of aryl methyl sites for hydroxylation is 1. The molecule has 1 aromatic heterocycles. The fourth-order valence-electron chi connectivity index (χ4n) is 2.97. The lowest BCUT2D eigenvalue weighted by atomic mass is 10.1. The van der Waals surface area contributed by atoms with Crippen LogP contribution in [0.3, 0.4) is 0 Å². The zero-order chi connectivity index (χ0) is 22.5. The summed E-state index contributed by atoms with van der Waals surface area (Å²) in [5.41, 5.74) is 2.24. The second-order valence-electron chi connectivity index (χ2n) is 8.31. The first-order chi connectivity index (χ1) is 14.0. The molecule has 0 saturated carbocycles. The molecule has 1 N–H and O–H groups in total. The van der Waals surface area contributed by atoms with Crippen molar-refractivity contribution in [3.8, 4) is 0 Å². The molecule has 30 heavy (non-hydrogen) atoms. The number of amides is 2. The summed E-state index contributed by atoms with van der Waals surface area (Å²) in [5.74, 6) is -1.34. The number of hydrogen-bond donors (Lipinski definition) is 1. The van der Waals surface area contributed by atoms with Crippen molar-refractivity contribution in [2.24, 2.45) is 0 Å². The summed E-state index contributed by atoms with van der Waals surface area (Å²) < 4.78 is 6.95. The summed E-state index contributed by atoms with van der Waals surface area (Å²) in [6.45, 7) is 9.08. The van der Waals surface area contributed by atoms with Crippen molar-refractivity contribution in [2.75, 3.05) is 20.2 Å². The summed E-state index contributed by atoms with van der Waals surface area (Å²) >= 11 is 0. The maximum absolute atomic E-state index is 12.6. The third kappa shape index (κ3) is 6.43. The van der Waals surface area contributed by atoms with Crippen molar-refractivity contribution in [3.05, 3.63) is 52.8 Å². The van der Waals surface area contributed by atoms with Gasteiger partial charge in [0.25, 0.3) is 5.91 Å². The molecule has 2 aromatic rings. The third-order valence-corrected chi connectivity index (χ3v) is 4.41. The molecule has 8 heteroatoms. The van der Waals surface area contributed by atoms with Gasteiger partial charge in [-0.25, -0.2) is 4.79 Å². The average Bonchev–Trinajstić information content (AvgIpc) is 2.92. The van der Waals surface area contributed by atoms with E-state index in [1.807, 2.05) is 51.1 Å². The molecule has 0 atom stereocenters. The van der Waals surface area contributed by atoms with Gasteiger partial charge in [0.15, 0.2) is 6.61 Å². The molecule has 1 aromatic carbocycles. The number of hydrogen-bond acceptors (Lipinski definition) is 5. The Bertz CT molecular complexity index is 913. The molecule has 0 spiro atoms. The van der Waals surface area contributed by atoms with Gasteiger partial charge >= 0.3 is 5.97 Å². The molecule has 0 aliphatic rings. The largest absolute Gasteiger partial charge is 0.452 e. The van der Waals surface area contributed by atoms with Gasteiger partial charge in [0.2, 0.25) is 5.91 Å². The van der Waals surface area contributed by atoms with E-state index < -0.39 is 18.5 Å². The van der Waals surface area contributed by atoms with Gasteiger partial charge in [0, 0.05) is 12.6 Å². The van der Waals surface area contributed by atoms with Gasteiger partial charge in [-0.1, -0.05) is 30.3 Å². The van der Waals surface area contributed by atoms with E-state index in [4.69, 9.17) is 4.74 Å². The van der Waals surface area contributed by atoms with Crippen LogP contribution in [0.5, 0.6) is 0 Å². The standard InChI is InChI=1S/C22H30N4O4/c1-15-20(16(2)26(24-15)12-17-10-8-7-9-11-17)21(29)30-14-19(28)25(6)13-18(27)23-22(3,4)5/h7-11H,12-14H2,1-6H3,(H,23,27). The molecule has 0 aliphatic heterocycles. The molecule has 1 heterocycles. The third-order valence-electron chi connectivity index (χ3n) is 4.41. The lowest BCUT2D eigenvalue weighted by molar-refractivity contribution is -0.137. The maximum atomic E-state index is 12.6.